The number of carbonyl (C=O) groups is 1. The Morgan fingerprint density at radius 1 is 1.19 bits per heavy atom. The quantitative estimate of drug-likeness (QED) is 0.555. The highest BCUT2D eigenvalue weighted by Crippen LogP contribution is 2.50. The van der Waals surface area contributed by atoms with Crippen LogP contribution in [0.2, 0.25) is 0 Å². The lowest BCUT2D eigenvalue weighted by molar-refractivity contribution is 0.0943. The van der Waals surface area contributed by atoms with Gasteiger partial charge in [-0.15, -0.1) is 11.8 Å². The van der Waals surface area contributed by atoms with Crippen molar-refractivity contribution in [2.24, 2.45) is 5.92 Å². The Labute approximate surface area is 165 Å². The molecule has 140 valence electrons. The highest BCUT2D eigenvalue weighted by atomic mass is 32.2. The Morgan fingerprint density at radius 3 is 2.67 bits per heavy atom. The number of hydrogen-bond donors (Lipinski definition) is 2. The molecule has 0 aromatic heterocycles. The van der Waals surface area contributed by atoms with Crippen molar-refractivity contribution >= 4 is 23.4 Å². The van der Waals surface area contributed by atoms with Crippen molar-refractivity contribution in [2.45, 2.75) is 43.2 Å². The first-order valence-corrected chi connectivity index (χ1v) is 10.8. The Hall–Kier alpha value is -2.20. The summed E-state index contributed by atoms with van der Waals surface area (Å²) in [4.78, 5) is 14.0. The second-order valence-electron chi connectivity index (χ2n) is 7.65. The summed E-state index contributed by atoms with van der Waals surface area (Å²) in [5.41, 5.74) is 4.26. The van der Waals surface area contributed by atoms with Gasteiger partial charge in [-0.3, -0.25) is 4.79 Å². The van der Waals surface area contributed by atoms with Crippen LogP contribution in [0.15, 0.2) is 59.5 Å². The Kier molecular flexibility index (Phi) is 5.00. The number of benzene rings is 2. The minimum absolute atomic E-state index is 0.00809. The number of hydrogen-bond acceptors (Lipinski definition) is 3. The molecular weight excluding hydrogens is 352 g/mol. The molecule has 0 radical (unpaired) electrons. The topological polar surface area (TPSA) is 41.1 Å². The van der Waals surface area contributed by atoms with E-state index in [1.807, 2.05) is 26.0 Å². The van der Waals surface area contributed by atoms with Gasteiger partial charge in [-0.05, 0) is 61.8 Å². The molecule has 1 heterocycles. The van der Waals surface area contributed by atoms with E-state index in [0.717, 1.165) is 17.7 Å². The number of thioether (sulfide) groups is 1. The molecule has 2 aromatic rings. The van der Waals surface area contributed by atoms with Crippen LogP contribution >= 0.6 is 11.8 Å². The molecule has 0 saturated carbocycles. The van der Waals surface area contributed by atoms with E-state index < -0.39 is 0 Å². The molecule has 3 unspecified atom stereocenters. The number of amides is 1. The largest absolute Gasteiger partial charge is 0.377 e. The lowest BCUT2D eigenvalue weighted by Crippen LogP contribution is -2.34. The minimum atomic E-state index is -0.00809. The summed E-state index contributed by atoms with van der Waals surface area (Å²) in [6.45, 7) is 3.99. The first-order chi connectivity index (χ1) is 13.1. The van der Waals surface area contributed by atoms with Gasteiger partial charge in [-0.1, -0.05) is 36.4 Å². The van der Waals surface area contributed by atoms with Gasteiger partial charge in [0.05, 0.1) is 17.3 Å². The van der Waals surface area contributed by atoms with E-state index in [2.05, 4.69) is 59.4 Å². The van der Waals surface area contributed by atoms with Crippen molar-refractivity contribution < 1.29 is 4.79 Å². The number of carbonyl (C=O) groups excluding carboxylic acids is 1. The first-order valence-electron chi connectivity index (χ1n) is 9.59. The maximum absolute atomic E-state index is 12.8. The Balaban J connectivity index is 1.74. The van der Waals surface area contributed by atoms with Gasteiger partial charge in [0.25, 0.3) is 5.91 Å². The van der Waals surface area contributed by atoms with E-state index in [0.29, 0.717) is 11.8 Å². The molecule has 0 saturated heterocycles. The van der Waals surface area contributed by atoms with Gasteiger partial charge >= 0.3 is 0 Å². The van der Waals surface area contributed by atoms with Crippen molar-refractivity contribution in [2.75, 3.05) is 11.6 Å². The maximum Gasteiger partial charge on any atom is 0.253 e. The fourth-order valence-corrected chi connectivity index (χ4v) is 4.70. The van der Waals surface area contributed by atoms with E-state index in [9.17, 15) is 4.79 Å². The van der Waals surface area contributed by atoms with Crippen LogP contribution in [0.25, 0.3) is 0 Å². The highest BCUT2D eigenvalue weighted by Gasteiger charge is 2.39. The van der Waals surface area contributed by atoms with E-state index in [1.54, 1.807) is 11.8 Å². The molecule has 4 rings (SSSR count). The third-order valence-corrected chi connectivity index (χ3v) is 6.28. The van der Waals surface area contributed by atoms with Gasteiger partial charge in [-0.2, -0.15) is 0 Å². The summed E-state index contributed by atoms with van der Waals surface area (Å²) in [5.74, 6) is 0.838. The standard InChI is InChI=1S/C23H26N2OS/c1-14(2)24-23(26)20-9-5-8-19-17-6-4-7-18(17)21(25-22(19)20)15-10-12-16(27-3)13-11-15/h4-6,8-14,17-18,21,25H,7H2,1-3H3,(H,24,26). The predicted octanol–water partition coefficient (Wildman–Crippen LogP) is 5.37. The van der Waals surface area contributed by atoms with Crippen LogP contribution in [0.4, 0.5) is 5.69 Å². The monoisotopic (exact) mass is 378 g/mol. The molecule has 2 N–H and O–H groups in total. The fourth-order valence-electron chi connectivity index (χ4n) is 4.29. The van der Waals surface area contributed by atoms with Crippen molar-refractivity contribution in [3.05, 3.63) is 71.3 Å². The fraction of sp³-hybridized carbons (Fsp3) is 0.348. The molecular formula is C23H26N2OS. The Morgan fingerprint density at radius 2 is 1.96 bits per heavy atom. The normalized spacial score (nSPS) is 22.9. The van der Waals surface area contributed by atoms with E-state index >= 15 is 0 Å². The number of allylic oxidation sites excluding steroid dienone is 2. The number of rotatable bonds is 4. The zero-order valence-electron chi connectivity index (χ0n) is 16.0. The van der Waals surface area contributed by atoms with Gasteiger partial charge < -0.3 is 10.6 Å². The van der Waals surface area contributed by atoms with Crippen molar-refractivity contribution in [1.82, 2.24) is 5.32 Å². The summed E-state index contributed by atoms with van der Waals surface area (Å²) in [6.07, 6.45) is 7.77. The molecule has 1 amide bonds. The molecule has 0 bridgehead atoms. The molecule has 3 atom stereocenters. The maximum atomic E-state index is 12.8. The number of para-hydroxylation sites is 1. The number of nitrogens with one attached hydrogen (secondary N) is 2. The van der Waals surface area contributed by atoms with Crippen LogP contribution in [0, 0.1) is 5.92 Å². The van der Waals surface area contributed by atoms with Crippen LogP contribution in [0.5, 0.6) is 0 Å². The van der Waals surface area contributed by atoms with Gasteiger partial charge in [0.2, 0.25) is 0 Å². The summed E-state index contributed by atoms with van der Waals surface area (Å²) in [6, 6.07) is 15.2. The number of fused-ring (bicyclic) bond motifs is 3. The molecule has 2 aliphatic rings. The van der Waals surface area contributed by atoms with E-state index in [4.69, 9.17) is 0 Å². The van der Waals surface area contributed by atoms with Gasteiger partial charge in [0.1, 0.15) is 0 Å². The second kappa shape index (κ2) is 7.43. The summed E-state index contributed by atoms with van der Waals surface area (Å²) in [5, 5.41) is 6.78. The molecule has 3 nitrogen and oxygen atoms in total. The molecule has 4 heteroatoms. The van der Waals surface area contributed by atoms with Gasteiger partial charge in [0, 0.05) is 16.9 Å². The van der Waals surface area contributed by atoms with Crippen LogP contribution in [0.1, 0.15) is 53.7 Å². The SMILES string of the molecule is CSc1ccc(C2Nc3c(C(=O)NC(C)C)cccc3C3C=CCC32)cc1. The zero-order valence-corrected chi connectivity index (χ0v) is 16.8. The van der Waals surface area contributed by atoms with Gasteiger partial charge in [-0.25, -0.2) is 0 Å². The average molecular weight is 379 g/mol. The van der Waals surface area contributed by atoms with Crippen LogP contribution in [-0.2, 0) is 0 Å². The minimum Gasteiger partial charge on any atom is -0.377 e. The van der Waals surface area contributed by atoms with Crippen molar-refractivity contribution in [3.63, 3.8) is 0 Å². The first kappa shape index (κ1) is 18.2. The average Bonchev–Trinajstić information content (AvgIpc) is 3.16. The molecule has 27 heavy (non-hydrogen) atoms. The van der Waals surface area contributed by atoms with Crippen LogP contribution in [0.3, 0.4) is 0 Å². The molecule has 0 fully saturated rings. The van der Waals surface area contributed by atoms with E-state index in [-0.39, 0.29) is 18.0 Å². The molecule has 0 spiro atoms. The summed E-state index contributed by atoms with van der Waals surface area (Å²) in [7, 11) is 0. The lowest BCUT2D eigenvalue weighted by atomic mass is 9.76. The summed E-state index contributed by atoms with van der Waals surface area (Å²) < 4.78 is 0. The smallest absolute Gasteiger partial charge is 0.253 e. The van der Waals surface area contributed by atoms with Gasteiger partial charge in [0.15, 0.2) is 0 Å². The molecule has 1 aliphatic carbocycles. The third-order valence-electron chi connectivity index (χ3n) is 5.54. The molecule has 1 aliphatic heterocycles. The number of anilines is 1. The molecule has 2 aromatic carbocycles. The second-order valence-corrected chi connectivity index (χ2v) is 8.53. The third kappa shape index (κ3) is 3.39. The van der Waals surface area contributed by atoms with E-state index in [1.165, 1.54) is 16.0 Å². The lowest BCUT2D eigenvalue weighted by Gasteiger charge is -2.38. The zero-order chi connectivity index (χ0) is 19.0. The van der Waals surface area contributed by atoms with Crippen LogP contribution in [-0.4, -0.2) is 18.2 Å². The van der Waals surface area contributed by atoms with Crippen molar-refractivity contribution in [1.29, 1.82) is 0 Å². The summed E-state index contributed by atoms with van der Waals surface area (Å²) >= 11 is 1.76. The predicted molar refractivity (Wildman–Crippen MR) is 114 cm³/mol. The highest BCUT2D eigenvalue weighted by molar-refractivity contribution is 7.98. The van der Waals surface area contributed by atoms with Crippen molar-refractivity contribution in [3.8, 4) is 0 Å². The Bertz CT molecular complexity index is 872. The van der Waals surface area contributed by atoms with Crippen LogP contribution < -0.4 is 10.6 Å².